The van der Waals surface area contributed by atoms with Gasteiger partial charge in [0, 0.05) is 33.0 Å². The third-order valence-electron chi connectivity index (χ3n) is 7.11. The SMILES string of the molecule is CN1N=C2CCN(C(=O)[C@@H](CC#Cc3ccc(F)cn3)NC(=O)C(C)(C)NC(=O)O)C[C@@]2(Cc2ccccc2)C1=O. The molecule has 0 aliphatic carbocycles. The average Bonchev–Trinajstić information content (AvgIpc) is 3.17. The molecule has 4 rings (SSSR count). The number of nitrogens with zero attached hydrogens (tertiary/aromatic N) is 4. The number of pyridine rings is 1. The lowest BCUT2D eigenvalue weighted by atomic mass is 9.73. The van der Waals surface area contributed by atoms with Crippen molar-refractivity contribution < 1.29 is 28.7 Å². The van der Waals surface area contributed by atoms with Crippen LogP contribution in [0.15, 0.2) is 53.8 Å². The second kappa shape index (κ2) is 11.8. The summed E-state index contributed by atoms with van der Waals surface area (Å²) in [5, 5.41) is 19.7. The van der Waals surface area contributed by atoms with Crippen molar-refractivity contribution in [2.24, 2.45) is 10.5 Å². The summed E-state index contributed by atoms with van der Waals surface area (Å²) in [5.74, 6) is 3.63. The molecule has 2 atom stereocenters. The van der Waals surface area contributed by atoms with Crippen LogP contribution >= 0.6 is 0 Å². The molecule has 1 aromatic heterocycles. The van der Waals surface area contributed by atoms with Gasteiger partial charge in [-0.2, -0.15) is 5.10 Å². The predicted octanol–water partition coefficient (Wildman–Crippen LogP) is 1.78. The van der Waals surface area contributed by atoms with Gasteiger partial charge in [-0.05, 0) is 43.9 Å². The highest BCUT2D eigenvalue weighted by Gasteiger charge is 2.54. The van der Waals surface area contributed by atoms with E-state index in [0.29, 0.717) is 18.6 Å². The minimum absolute atomic E-state index is 0.0544. The van der Waals surface area contributed by atoms with Crippen molar-refractivity contribution in [1.29, 1.82) is 0 Å². The first kappa shape index (κ1) is 29.2. The second-order valence-corrected chi connectivity index (χ2v) is 10.6. The smallest absolute Gasteiger partial charge is 0.405 e. The summed E-state index contributed by atoms with van der Waals surface area (Å²) in [7, 11) is 1.59. The van der Waals surface area contributed by atoms with E-state index in [9.17, 15) is 23.6 Å². The van der Waals surface area contributed by atoms with E-state index in [2.05, 4.69) is 32.6 Å². The van der Waals surface area contributed by atoms with E-state index in [-0.39, 0.29) is 31.1 Å². The van der Waals surface area contributed by atoms with E-state index < -0.39 is 40.7 Å². The highest BCUT2D eigenvalue weighted by molar-refractivity contribution is 6.13. The number of piperidine rings is 1. The van der Waals surface area contributed by atoms with Gasteiger partial charge in [0.25, 0.3) is 5.91 Å². The number of hydrazone groups is 1. The lowest BCUT2D eigenvalue weighted by Crippen LogP contribution is -2.61. The Kier molecular flexibility index (Phi) is 8.37. The van der Waals surface area contributed by atoms with Crippen molar-refractivity contribution in [2.75, 3.05) is 20.1 Å². The Morgan fingerprint density at radius 3 is 2.59 bits per heavy atom. The van der Waals surface area contributed by atoms with Crippen LogP contribution in [-0.4, -0.2) is 81.2 Å². The fraction of sp³-hybridized carbons (Fsp3) is 0.379. The molecule has 1 fully saturated rings. The molecule has 0 bridgehead atoms. The zero-order valence-corrected chi connectivity index (χ0v) is 23.0. The van der Waals surface area contributed by atoms with Crippen LogP contribution in [-0.2, 0) is 20.8 Å². The first-order valence-electron chi connectivity index (χ1n) is 13.0. The van der Waals surface area contributed by atoms with Crippen molar-refractivity contribution in [1.82, 2.24) is 25.5 Å². The molecular formula is C29H31FN6O5. The molecule has 11 nitrogen and oxygen atoms in total. The molecule has 4 amide bonds. The molecule has 3 N–H and O–H groups in total. The van der Waals surface area contributed by atoms with Gasteiger partial charge < -0.3 is 20.6 Å². The van der Waals surface area contributed by atoms with E-state index in [4.69, 9.17) is 5.11 Å². The molecule has 2 aliphatic rings. The van der Waals surface area contributed by atoms with Crippen LogP contribution in [0.3, 0.4) is 0 Å². The number of halogens is 1. The largest absolute Gasteiger partial charge is 0.465 e. The number of amides is 4. The van der Waals surface area contributed by atoms with Crippen LogP contribution < -0.4 is 10.6 Å². The Bertz CT molecular complexity index is 1430. The molecule has 1 aromatic carbocycles. The lowest BCUT2D eigenvalue weighted by Gasteiger charge is -2.40. The van der Waals surface area contributed by atoms with Crippen LogP contribution in [0.4, 0.5) is 9.18 Å². The number of fused-ring (bicyclic) bond motifs is 1. The van der Waals surface area contributed by atoms with E-state index >= 15 is 0 Å². The molecule has 214 valence electrons. The van der Waals surface area contributed by atoms with Crippen molar-refractivity contribution in [3.05, 3.63) is 65.7 Å². The number of benzene rings is 1. The number of rotatable bonds is 7. The fourth-order valence-electron chi connectivity index (χ4n) is 4.99. The standard InChI is InChI=1S/C29H31FN6O5/c1-28(2,33-27(40)41)25(38)32-22(11-7-10-21-13-12-20(30)17-31-21)24(37)36-15-14-23-29(18-36,26(39)35(3)34-23)16-19-8-5-4-6-9-19/h4-6,8-9,12-13,17,22,33H,11,14-16,18H2,1-3H3,(H,32,38)(H,40,41)/t22-,29-/m1/s1. The molecule has 2 aliphatic heterocycles. The van der Waals surface area contributed by atoms with Gasteiger partial charge in [0.2, 0.25) is 11.8 Å². The zero-order valence-electron chi connectivity index (χ0n) is 23.0. The van der Waals surface area contributed by atoms with Crippen molar-refractivity contribution in [3.8, 4) is 11.8 Å². The van der Waals surface area contributed by atoms with E-state index in [1.807, 2.05) is 30.3 Å². The van der Waals surface area contributed by atoms with Crippen LogP contribution in [0.1, 0.15) is 37.9 Å². The molecule has 1 saturated heterocycles. The molecule has 0 saturated carbocycles. The minimum atomic E-state index is -1.54. The van der Waals surface area contributed by atoms with Gasteiger partial charge in [-0.1, -0.05) is 36.3 Å². The number of hydrogen-bond acceptors (Lipinski definition) is 6. The molecule has 0 unspecified atom stereocenters. The maximum Gasteiger partial charge on any atom is 0.405 e. The van der Waals surface area contributed by atoms with E-state index in [1.165, 1.54) is 35.9 Å². The maximum absolute atomic E-state index is 13.9. The van der Waals surface area contributed by atoms with Gasteiger partial charge in [-0.15, -0.1) is 0 Å². The first-order valence-corrected chi connectivity index (χ1v) is 13.0. The third-order valence-corrected chi connectivity index (χ3v) is 7.11. The summed E-state index contributed by atoms with van der Waals surface area (Å²) < 4.78 is 13.2. The van der Waals surface area contributed by atoms with E-state index in [0.717, 1.165) is 11.8 Å². The summed E-state index contributed by atoms with van der Waals surface area (Å²) in [4.78, 5) is 57.1. The molecule has 3 heterocycles. The Morgan fingerprint density at radius 1 is 1.20 bits per heavy atom. The highest BCUT2D eigenvalue weighted by Crippen LogP contribution is 2.38. The number of nitrogens with one attached hydrogen (secondary N) is 2. The summed E-state index contributed by atoms with van der Waals surface area (Å²) in [6, 6.07) is 10.9. The van der Waals surface area contributed by atoms with Crippen LogP contribution in [0.2, 0.25) is 0 Å². The topological polar surface area (TPSA) is 144 Å². The number of hydrogen-bond donors (Lipinski definition) is 3. The number of aromatic nitrogens is 1. The van der Waals surface area contributed by atoms with Gasteiger partial charge >= 0.3 is 6.09 Å². The summed E-state index contributed by atoms with van der Waals surface area (Å²) in [6.07, 6.45) is 0.201. The van der Waals surface area contributed by atoms with Crippen molar-refractivity contribution >= 4 is 29.5 Å². The average molecular weight is 563 g/mol. The van der Waals surface area contributed by atoms with Gasteiger partial charge in [0.1, 0.15) is 28.5 Å². The Morgan fingerprint density at radius 2 is 1.93 bits per heavy atom. The molecule has 0 radical (unpaired) electrons. The fourth-order valence-corrected chi connectivity index (χ4v) is 4.99. The van der Waals surface area contributed by atoms with E-state index in [1.54, 1.807) is 7.05 Å². The van der Waals surface area contributed by atoms with Gasteiger partial charge in [-0.25, -0.2) is 19.2 Å². The zero-order chi connectivity index (χ0) is 29.8. The minimum Gasteiger partial charge on any atom is -0.465 e. The Labute approximate surface area is 236 Å². The van der Waals surface area contributed by atoms with Crippen LogP contribution in [0.25, 0.3) is 0 Å². The van der Waals surface area contributed by atoms with Crippen molar-refractivity contribution in [3.63, 3.8) is 0 Å². The number of carboxylic acid groups (broad SMARTS) is 1. The van der Waals surface area contributed by atoms with Crippen molar-refractivity contribution in [2.45, 2.75) is 44.7 Å². The lowest BCUT2D eigenvalue weighted by molar-refractivity contribution is -0.142. The second-order valence-electron chi connectivity index (χ2n) is 10.6. The molecule has 0 spiro atoms. The highest BCUT2D eigenvalue weighted by atomic mass is 19.1. The summed E-state index contributed by atoms with van der Waals surface area (Å²) in [5.41, 5.74) is -0.699. The molecule has 12 heteroatoms. The Balaban J connectivity index is 1.61. The third kappa shape index (κ3) is 6.51. The number of likely N-dealkylation sites (tertiary alicyclic amines) is 1. The molecular weight excluding hydrogens is 531 g/mol. The Hall–Kier alpha value is -4.79. The van der Waals surface area contributed by atoms with Crippen LogP contribution in [0.5, 0.6) is 0 Å². The summed E-state index contributed by atoms with van der Waals surface area (Å²) >= 11 is 0. The molecule has 41 heavy (non-hydrogen) atoms. The first-order chi connectivity index (χ1) is 19.4. The van der Waals surface area contributed by atoms with Gasteiger partial charge in [0.15, 0.2) is 0 Å². The maximum atomic E-state index is 13.9. The quantitative estimate of drug-likeness (QED) is 0.439. The normalized spacial score (nSPS) is 18.9. The van der Waals surface area contributed by atoms with Gasteiger partial charge in [0.05, 0.1) is 11.9 Å². The van der Waals surface area contributed by atoms with Crippen LogP contribution in [0, 0.1) is 23.1 Å². The predicted molar refractivity (Wildman–Crippen MR) is 147 cm³/mol. The van der Waals surface area contributed by atoms with Gasteiger partial charge in [-0.3, -0.25) is 14.4 Å². The number of carbonyl (C=O) groups is 4. The monoisotopic (exact) mass is 562 g/mol. The number of carbonyl (C=O) groups excluding carboxylic acids is 3. The molecule has 2 aromatic rings. The summed E-state index contributed by atoms with van der Waals surface area (Å²) in [6.45, 7) is 3.07.